The molecule has 5 nitrogen and oxygen atoms in total. The normalized spacial score (nSPS) is 19.7. The molecule has 106 valence electrons. The zero-order valence-corrected chi connectivity index (χ0v) is 11.8. The van der Waals surface area contributed by atoms with Crippen molar-refractivity contribution < 1.29 is 9.90 Å². The van der Waals surface area contributed by atoms with E-state index in [0.717, 1.165) is 50.0 Å². The highest BCUT2D eigenvalue weighted by Gasteiger charge is 2.26. The largest absolute Gasteiger partial charge is 0.396 e. The van der Waals surface area contributed by atoms with Crippen molar-refractivity contribution in [2.75, 3.05) is 19.7 Å². The Morgan fingerprint density at radius 2 is 2.37 bits per heavy atom. The van der Waals surface area contributed by atoms with Crippen LogP contribution in [0.25, 0.3) is 0 Å². The zero-order valence-electron chi connectivity index (χ0n) is 11.8. The summed E-state index contributed by atoms with van der Waals surface area (Å²) in [6.45, 7) is 3.81. The first-order valence-corrected chi connectivity index (χ1v) is 7.08. The summed E-state index contributed by atoms with van der Waals surface area (Å²) in [7, 11) is 1.85. The summed E-state index contributed by atoms with van der Waals surface area (Å²) >= 11 is 0. The smallest absolute Gasteiger partial charge is 0.257 e. The van der Waals surface area contributed by atoms with Gasteiger partial charge in [0, 0.05) is 32.9 Å². The number of hydrogen-bond donors (Lipinski definition) is 1. The van der Waals surface area contributed by atoms with Gasteiger partial charge in [-0.1, -0.05) is 6.92 Å². The maximum Gasteiger partial charge on any atom is 0.257 e. The summed E-state index contributed by atoms with van der Waals surface area (Å²) in [5.74, 6) is 0.525. The highest BCUT2D eigenvalue weighted by atomic mass is 16.3. The van der Waals surface area contributed by atoms with Gasteiger partial charge in [-0.15, -0.1) is 0 Å². The molecule has 0 aliphatic carbocycles. The second-order valence-corrected chi connectivity index (χ2v) is 5.29. The number of piperidine rings is 1. The van der Waals surface area contributed by atoms with Gasteiger partial charge in [-0.05, 0) is 31.6 Å². The van der Waals surface area contributed by atoms with Gasteiger partial charge in [0.1, 0.15) is 0 Å². The van der Waals surface area contributed by atoms with E-state index < -0.39 is 0 Å². The molecule has 0 saturated carbocycles. The standard InChI is InChI=1S/C14H23N3O2/c1-3-13-12(10-16(2)15-13)14(19)17-7-4-5-11(9-17)6-8-18/h10-11,18H,3-9H2,1-2H3. The third kappa shape index (κ3) is 3.15. The first-order chi connectivity index (χ1) is 9.15. The van der Waals surface area contributed by atoms with Crippen LogP contribution >= 0.6 is 0 Å². The minimum atomic E-state index is 0.0904. The second-order valence-electron chi connectivity index (χ2n) is 5.29. The van der Waals surface area contributed by atoms with E-state index in [9.17, 15) is 4.79 Å². The quantitative estimate of drug-likeness (QED) is 0.890. The Morgan fingerprint density at radius 3 is 3.05 bits per heavy atom. The molecule has 1 atom stereocenters. The fraction of sp³-hybridized carbons (Fsp3) is 0.714. The summed E-state index contributed by atoms with van der Waals surface area (Å²) in [5, 5.41) is 13.4. The van der Waals surface area contributed by atoms with Crippen molar-refractivity contribution in [1.29, 1.82) is 0 Å². The fourth-order valence-corrected chi connectivity index (χ4v) is 2.81. The van der Waals surface area contributed by atoms with E-state index in [4.69, 9.17) is 5.11 Å². The van der Waals surface area contributed by atoms with Crippen molar-refractivity contribution in [3.63, 3.8) is 0 Å². The minimum Gasteiger partial charge on any atom is -0.396 e. The van der Waals surface area contributed by atoms with Gasteiger partial charge in [-0.2, -0.15) is 5.10 Å². The third-order valence-electron chi connectivity index (χ3n) is 3.81. The molecule has 0 bridgehead atoms. The predicted molar refractivity (Wildman–Crippen MR) is 72.9 cm³/mol. The van der Waals surface area contributed by atoms with E-state index in [1.54, 1.807) is 4.68 Å². The number of aliphatic hydroxyl groups is 1. The Bertz CT molecular complexity index is 440. The number of likely N-dealkylation sites (tertiary alicyclic amines) is 1. The maximum atomic E-state index is 12.6. The van der Waals surface area contributed by atoms with Crippen LogP contribution in [0.1, 0.15) is 42.2 Å². The van der Waals surface area contributed by atoms with Crippen LogP contribution in [0.15, 0.2) is 6.20 Å². The van der Waals surface area contributed by atoms with Crippen LogP contribution < -0.4 is 0 Å². The summed E-state index contributed by atoms with van der Waals surface area (Å²) in [6, 6.07) is 0. The van der Waals surface area contributed by atoms with Gasteiger partial charge < -0.3 is 10.0 Å². The van der Waals surface area contributed by atoms with Crippen LogP contribution in [0, 0.1) is 5.92 Å². The Labute approximate surface area is 114 Å². The highest BCUT2D eigenvalue weighted by Crippen LogP contribution is 2.21. The lowest BCUT2D eigenvalue weighted by molar-refractivity contribution is 0.0652. The van der Waals surface area contributed by atoms with Crippen molar-refractivity contribution in [3.05, 3.63) is 17.5 Å². The van der Waals surface area contributed by atoms with Gasteiger partial charge in [-0.25, -0.2) is 0 Å². The van der Waals surface area contributed by atoms with Crippen LogP contribution in [0.4, 0.5) is 0 Å². The lowest BCUT2D eigenvalue weighted by atomic mass is 9.94. The fourth-order valence-electron chi connectivity index (χ4n) is 2.81. The average molecular weight is 265 g/mol. The van der Waals surface area contributed by atoms with Crippen molar-refractivity contribution in [2.24, 2.45) is 13.0 Å². The van der Waals surface area contributed by atoms with Gasteiger partial charge >= 0.3 is 0 Å². The molecule has 2 rings (SSSR count). The highest BCUT2D eigenvalue weighted by molar-refractivity contribution is 5.95. The molecule has 1 unspecified atom stereocenters. The van der Waals surface area contributed by atoms with Crippen LogP contribution in [-0.4, -0.2) is 45.4 Å². The van der Waals surface area contributed by atoms with E-state index in [2.05, 4.69) is 5.10 Å². The number of rotatable bonds is 4. The monoisotopic (exact) mass is 265 g/mol. The molecule has 0 spiro atoms. The van der Waals surface area contributed by atoms with Crippen molar-refractivity contribution in [2.45, 2.75) is 32.6 Å². The van der Waals surface area contributed by atoms with Gasteiger partial charge in [0.2, 0.25) is 0 Å². The van der Waals surface area contributed by atoms with E-state index in [1.165, 1.54) is 0 Å². The second kappa shape index (κ2) is 6.19. The lowest BCUT2D eigenvalue weighted by Gasteiger charge is -2.32. The van der Waals surface area contributed by atoms with Gasteiger partial charge in [0.15, 0.2) is 0 Å². The minimum absolute atomic E-state index is 0.0904. The zero-order chi connectivity index (χ0) is 13.8. The SMILES string of the molecule is CCc1nn(C)cc1C(=O)N1CCCC(CCO)C1. The summed E-state index contributed by atoms with van der Waals surface area (Å²) in [5.41, 5.74) is 1.60. The Morgan fingerprint density at radius 1 is 1.58 bits per heavy atom. The summed E-state index contributed by atoms with van der Waals surface area (Å²) < 4.78 is 1.71. The molecule has 19 heavy (non-hydrogen) atoms. The van der Waals surface area contributed by atoms with Crippen LogP contribution in [0.3, 0.4) is 0 Å². The number of nitrogens with zero attached hydrogens (tertiary/aromatic N) is 3. The molecule has 1 fully saturated rings. The lowest BCUT2D eigenvalue weighted by Crippen LogP contribution is -2.40. The molecule has 1 amide bonds. The van der Waals surface area contributed by atoms with Crippen molar-refractivity contribution in [3.8, 4) is 0 Å². The molecule has 1 aromatic heterocycles. The van der Waals surface area contributed by atoms with Gasteiger partial charge in [0.05, 0.1) is 11.3 Å². The molecule has 1 N–H and O–H groups in total. The van der Waals surface area contributed by atoms with E-state index >= 15 is 0 Å². The average Bonchev–Trinajstić information content (AvgIpc) is 2.80. The Hall–Kier alpha value is -1.36. The molecule has 1 saturated heterocycles. The maximum absolute atomic E-state index is 12.6. The number of amides is 1. The van der Waals surface area contributed by atoms with Crippen LogP contribution in [0.2, 0.25) is 0 Å². The number of hydrogen-bond acceptors (Lipinski definition) is 3. The number of aromatic nitrogens is 2. The number of aryl methyl sites for hydroxylation is 2. The molecule has 1 aliphatic rings. The molecule has 0 aromatic carbocycles. The number of carbonyl (C=O) groups is 1. The van der Waals surface area contributed by atoms with E-state index in [1.807, 2.05) is 25.1 Å². The Balaban J connectivity index is 2.10. The first-order valence-electron chi connectivity index (χ1n) is 7.08. The number of aliphatic hydroxyl groups excluding tert-OH is 1. The summed E-state index contributed by atoms with van der Waals surface area (Å²) in [4.78, 5) is 14.5. The Kier molecular flexibility index (Phi) is 4.58. The molecular weight excluding hydrogens is 242 g/mol. The molecule has 1 aliphatic heterocycles. The van der Waals surface area contributed by atoms with E-state index in [-0.39, 0.29) is 12.5 Å². The van der Waals surface area contributed by atoms with Crippen molar-refractivity contribution in [1.82, 2.24) is 14.7 Å². The van der Waals surface area contributed by atoms with Gasteiger partial charge in [-0.3, -0.25) is 9.48 Å². The molecule has 1 aromatic rings. The van der Waals surface area contributed by atoms with Gasteiger partial charge in [0.25, 0.3) is 5.91 Å². The molecule has 5 heteroatoms. The molecule has 0 radical (unpaired) electrons. The first kappa shape index (κ1) is 14.1. The van der Waals surface area contributed by atoms with Crippen LogP contribution in [0.5, 0.6) is 0 Å². The molecular formula is C14H23N3O2. The topological polar surface area (TPSA) is 58.4 Å². The number of carbonyl (C=O) groups excluding carboxylic acids is 1. The summed E-state index contributed by atoms with van der Waals surface area (Å²) in [6.07, 6.45) is 5.51. The predicted octanol–water partition coefficient (Wildman–Crippen LogP) is 1.22. The van der Waals surface area contributed by atoms with Crippen molar-refractivity contribution >= 4 is 5.91 Å². The molecule has 2 heterocycles. The van der Waals surface area contributed by atoms with Crippen LogP contribution in [-0.2, 0) is 13.5 Å². The van der Waals surface area contributed by atoms with E-state index in [0.29, 0.717) is 5.92 Å². The third-order valence-corrected chi connectivity index (χ3v) is 3.81.